The smallest absolute Gasteiger partial charge is 0.229 e. The first-order valence-electron chi connectivity index (χ1n) is 11.1. The van der Waals surface area contributed by atoms with Crippen molar-refractivity contribution < 1.29 is 0 Å². The van der Waals surface area contributed by atoms with Crippen LogP contribution < -0.4 is 16.0 Å². The number of halogens is 2. The summed E-state index contributed by atoms with van der Waals surface area (Å²) in [6, 6.07) is 15.7. The average molecular weight is 488 g/mol. The average Bonchev–Trinajstić information content (AvgIpc) is 2.79. The van der Waals surface area contributed by atoms with E-state index < -0.39 is 0 Å². The van der Waals surface area contributed by atoms with Crippen LogP contribution >= 0.6 is 23.2 Å². The van der Waals surface area contributed by atoms with Gasteiger partial charge in [-0.1, -0.05) is 47.5 Å². The van der Waals surface area contributed by atoms with Crippen LogP contribution in [0.1, 0.15) is 17.5 Å². The fraction of sp³-hybridized carbons (Fsp3) is 0.375. The van der Waals surface area contributed by atoms with Crippen LogP contribution in [0.2, 0.25) is 10.0 Å². The van der Waals surface area contributed by atoms with Gasteiger partial charge < -0.3 is 20.9 Å². The van der Waals surface area contributed by atoms with Gasteiger partial charge in [0.1, 0.15) is 0 Å². The first-order chi connectivity index (χ1) is 16.0. The van der Waals surface area contributed by atoms with Crippen molar-refractivity contribution in [1.29, 1.82) is 0 Å². The van der Waals surface area contributed by atoms with E-state index in [2.05, 4.69) is 49.9 Å². The number of hydrogen-bond acceptors (Lipinski definition) is 7. The van der Waals surface area contributed by atoms with Gasteiger partial charge >= 0.3 is 0 Å². The van der Waals surface area contributed by atoms with Crippen molar-refractivity contribution >= 4 is 41.0 Å². The van der Waals surface area contributed by atoms with Gasteiger partial charge in [0.05, 0.1) is 0 Å². The van der Waals surface area contributed by atoms with Crippen LogP contribution in [-0.2, 0) is 12.8 Å². The highest BCUT2D eigenvalue weighted by Crippen LogP contribution is 2.13. The number of aromatic nitrogens is 3. The summed E-state index contributed by atoms with van der Waals surface area (Å²) in [5, 5.41) is 11.4. The molecule has 176 valence electrons. The molecule has 0 spiro atoms. The van der Waals surface area contributed by atoms with Gasteiger partial charge in [-0.15, -0.1) is 0 Å². The Labute approximate surface area is 206 Å². The topological polar surface area (TPSA) is 78.0 Å². The highest BCUT2D eigenvalue weighted by molar-refractivity contribution is 6.30. The molecular formula is C24H31Cl2N7. The van der Waals surface area contributed by atoms with Gasteiger partial charge in [0.2, 0.25) is 17.8 Å². The predicted molar refractivity (Wildman–Crippen MR) is 139 cm³/mol. The molecule has 0 bridgehead atoms. The normalized spacial score (nSPS) is 10.9. The molecule has 33 heavy (non-hydrogen) atoms. The van der Waals surface area contributed by atoms with Gasteiger partial charge in [0.25, 0.3) is 0 Å². The largest absolute Gasteiger partial charge is 0.354 e. The number of anilines is 3. The van der Waals surface area contributed by atoms with E-state index in [0.29, 0.717) is 30.9 Å². The Kier molecular flexibility index (Phi) is 10.00. The molecule has 7 nitrogen and oxygen atoms in total. The molecule has 9 heteroatoms. The van der Waals surface area contributed by atoms with Gasteiger partial charge in [0, 0.05) is 29.7 Å². The number of nitrogens with one attached hydrogen (secondary N) is 3. The summed E-state index contributed by atoms with van der Waals surface area (Å²) in [5.74, 6) is 1.65. The van der Waals surface area contributed by atoms with Crippen LogP contribution in [0.25, 0.3) is 0 Å². The van der Waals surface area contributed by atoms with E-state index in [9.17, 15) is 0 Å². The quantitative estimate of drug-likeness (QED) is 0.297. The molecule has 0 aliphatic carbocycles. The molecule has 0 aliphatic heterocycles. The third-order valence-corrected chi connectivity index (χ3v) is 5.42. The molecule has 0 aliphatic rings. The van der Waals surface area contributed by atoms with Crippen LogP contribution in [-0.4, -0.2) is 60.1 Å². The SMILES string of the molecule is CN(C)CCCNc1nc(NCCc2ccc(Cl)cc2)nc(NCCc2ccc(Cl)cc2)n1. The number of rotatable bonds is 13. The Balaban J connectivity index is 1.58. The van der Waals surface area contributed by atoms with Gasteiger partial charge in [-0.25, -0.2) is 0 Å². The zero-order chi connectivity index (χ0) is 23.5. The molecule has 0 saturated heterocycles. The van der Waals surface area contributed by atoms with E-state index in [1.807, 2.05) is 48.5 Å². The maximum Gasteiger partial charge on any atom is 0.229 e. The highest BCUT2D eigenvalue weighted by Gasteiger charge is 2.07. The van der Waals surface area contributed by atoms with Crippen LogP contribution in [0.5, 0.6) is 0 Å². The molecule has 1 heterocycles. The fourth-order valence-corrected chi connectivity index (χ4v) is 3.40. The zero-order valence-electron chi connectivity index (χ0n) is 19.1. The molecule has 0 fully saturated rings. The Hall–Kier alpha value is -2.61. The second-order valence-corrected chi connectivity index (χ2v) is 8.87. The lowest BCUT2D eigenvalue weighted by atomic mass is 10.1. The number of nitrogens with zero attached hydrogens (tertiary/aromatic N) is 4. The minimum Gasteiger partial charge on any atom is -0.354 e. The molecule has 3 N–H and O–H groups in total. The van der Waals surface area contributed by atoms with Crippen LogP contribution in [0, 0.1) is 0 Å². The summed E-state index contributed by atoms with van der Waals surface area (Å²) in [6.07, 6.45) is 2.68. The minimum atomic E-state index is 0.545. The van der Waals surface area contributed by atoms with Crippen molar-refractivity contribution in [3.63, 3.8) is 0 Å². The van der Waals surface area contributed by atoms with E-state index in [4.69, 9.17) is 23.2 Å². The lowest BCUT2D eigenvalue weighted by Crippen LogP contribution is -2.18. The van der Waals surface area contributed by atoms with Gasteiger partial charge in [-0.05, 0) is 75.3 Å². The third kappa shape index (κ3) is 9.42. The van der Waals surface area contributed by atoms with Gasteiger partial charge in [-0.3, -0.25) is 0 Å². The Morgan fingerprint density at radius 3 is 1.42 bits per heavy atom. The Morgan fingerprint density at radius 1 is 0.636 bits per heavy atom. The standard InChI is InChI=1S/C24H31Cl2N7/c1-33(2)17-3-14-27-22-30-23(28-15-12-18-4-8-20(25)9-5-18)32-24(31-22)29-16-13-19-6-10-21(26)11-7-19/h4-11H,3,12-17H2,1-2H3,(H3,27,28,29,30,31,32). The molecule has 3 rings (SSSR count). The van der Waals surface area contributed by atoms with Crippen molar-refractivity contribution in [1.82, 2.24) is 19.9 Å². The fourth-order valence-electron chi connectivity index (χ4n) is 3.15. The molecular weight excluding hydrogens is 457 g/mol. The van der Waals surface area contributed by atoms with Crippen molar-refractivity contribution in [2.75, 3.05) is 56.2 Å². The van der Waals surface area contributed by atoms with Crippen molar-refractivity contribution in [3.8, 4) is 0 Å². The van der Waals surface area contributed by atoms with E-state index in [1.54, 1.807) is 0 Å². The zero-order valence-corrected chi connectivity index (χ0v) is 20.6. The predicted octanol–water partition coefficient (Wildman–Crippen LogP) is 4.85. The summed E-state index contributed by atoms with van der Waals surface area (Å²) in [4.78, 5) is 15.8. The molecule has 0 radical (unpaired) electrons. The van der Waals surface area contributed by atoms with E-state index >= 15 is 0 Å². The lowest BCUT2D eigenvalue weighted by Gasteiger charge is -2.13. The molecule has 0 unspecified atom stereocenters. The summed E-state index contributed by atoms with van der Waals surface area (Å²) in [6.45, 7) is 3.19. The van der Waals surface area contributed by atoms with Gasteiger partial charge in [0.15, 0.2) is 0 Å². The van der Waals surface area contributed by atoms with Crippen LogP contribution in [0.3, 0.4) is 0 Å². The molecule has 0 amide bonds. The lowest BCUT2D eigenvalue weighted by molar-refractivity contribution is 0.405. The number of hydrogen-bond donors (Lipinski definition) is 3. The molecule has 3 aromatic rings. The first-order valence-corrected chi connectivity index (χ1v) is 11.8. The van der Waals surface area contributed by atoms with Gasteiger partial charge in [-0.2, -0.15) is 15.0 Å². The monoisotopic (exact) mass is 487 g/mol. The minimum absolute atomic E-state index is 0.545. The van der Waals surface area contributed by atoms with E-state index in [0.717, 1.165) is 42.4 Å². The molecule has 1 aromatic heterocycles. The molecule has 2 aromatic carbocycles. The number of benzene rings is 2. The van der Waals surface area contributed by atoms with Crippen molar-refractivity contribution in [3.05, 3.63) is 69.7 Å². The first kappa shape index (κ1) is 25.0. The Morgan fingerprint density at radius 2 is 1.03 bits per heavy atom. The highest BCUT2D eigenvalue weighted by atomic mass is 35.5. The maximum absolute atomic E-state index is 5.97. The summed E-state index contributed by atoms with van der Waals surface area (Å²) >= 11 is 11.9. The third-order valence-electron chi connectivity index (χ3n) is 4.92. The summed E-state index contributed by atoms with van der Waals surface area (Å²) in [7, 11) is 4.13. The van der Waals surface area contributed by atoms with Crippen molar-refractivity contribution in [2.45, 2.75) is 19.3 Å². The Bertz CT molecular complexity index is 909. The second kappa shape index (κ2) is 13.2. The van der Waals surface area contributed by atoms with E-state index in [-0.39, 0.29) is 0 Å². The van der Waals surface area contributed by atoms with Crippen molar-refractivity contribution in [2.24, 2.45) is 0 Å². The molecule has 0 atom stereocenters. The molecule has 0 saturated carbocycles. The van der Waals surface area contributed by atoms with Crippen LogP contribution in [0.4, 0.5) is 17.8 Å². The second-order valence-electron chi connectivity index (χ2n) is 8.00. The summed E-state index contributed by atoms with van der Waals surface area (Å²) < 4.78 is 0. The van der Waals surface area contributed by atoms with E-state index in [1.165, 1.54) is 11.1 Å². The summed E-state index contributed by atoms with van der Waals surface area (Å²) in [5.41, 5.74) is 2.40. The maximum atomic E-state index is 5.97. The van der Waals surface area contributed by atoms with Crippen LogP contribution in [0.15, 0.2) is 48.5 Å².